The van der Waals surface area contributed by atoms with Crippen LogP contribution in [0.4, 0.5) is 0 Å². The molecule has 0 heteroatoms. The van der Waals surface area contributed by atoms with Gasteiger partial charge in [0.2, 0.25) is 0 Å². The lowest BCUT2D eigenvalue weighted by molar-refractivity contribution is 0.188. The molecule has 0 spiro atoms. The SMILES string of the molecule is CC1=Cc2ccccc2[C@@H]1C1(C2CCCCC2)C=CC=C2C1=CC(C)=C2C. The van der Waals surface area contributed by atoms with Crippen LogP contribution >= 0.6 is 0 Å². The van der Waals surface area contributed by atoms with Crippen molar-refractivity contribution in [3.63, 3.8) is 0 Å². The fourth-order valence-corrected chi connectivity index (χ4v) is 6.32. The Hall–Kier alpha value is -2.08. The van der Waals surface area contributed by atoms with Crippen molar-refractivity contribution in [2.24, 2.45) is 11.3 Å². The number of benzene rings is 1. The van der Waals surface area contributed by atoms with Crippen LogP contribution in [0.25, 0.3) is 6.08 Å². The van der Waals surface area contributed by atoms with E-state index >= 15 is 0 Å². The molecule has 0 N–H and O–H groups in total. The Morgan fingerprint density at radius 3 is 2.52 bits per heavy atom. The second kappa shape index (κ2) is 6.23. The van der Waals surface area contributed by atoms with E-state index in [4.69, 9.17) is 0 Å². The van der Waals surface area contributed by atoms with Gasteiger partial charge in [0.1, 0.15) is 0 Å². The monoisotopic (exact) mass is 354 g/mol. The standard InChI is InChI=1S/C27H30/c1-18-17-25-23(20(18)3)14-9-15-27(25,22-11-5-4-6-12-22)26-19(2)16-21-10-7-8-13-24(21)26/h7-10,13-17,22,26H,4-6,11-12H2,1-3H3/t26-,27?/m1/s1. The molecule has 0 saturated heterocycles. The lowest BCUT2D eigenvalue weighted by atomic mass is 9.54. The van der Waals surface area contributed by atoms with Crippen molar-refractivity contribution < 1.29 is 0 Å². The topological polar surface area (TPSA) is 0 Å². The van der Waals surface area contributed by atoms with Gasteiger partial charge in [0.05, 0.1) is 0 Å². The Labute approximate surface area is 164 Å². The van der Waals surface area contributed by atoms with Crippen LogP contribution in [-0.2, 0) is 0 Å². The van der Waals surface area contributed by atoms with Crippen LogP contribution < -0.4 is 0 Å². The zero-order valence-corrected chi connectivity index (χ0v) is 16.9. The van der Waals surface area contributed by atoms with Crippen molar-refractivity contribution in [2.75, 3.05) is 0 Å². The predicted molar refractivity (Wildman–Crippen MR) is 116 cm³/mol. The van der Waals surface area contributed by atoms with Gasteiger partial charge >= 0.3 is 0 Å². The highest BCUT2D eigenvalue weighted by molar-refractivity contribution is 5.72. The minimum Gasteiger partial charge on any atom is -0.0727 e. The summed E-state index contributed by atoms with van der Waals surface area (Å²) in [6, 6.07) is 9.10. The normalized spacial score (nSPS) is 30.0. The second-order valence-corrected chi connectivity index (χ2v) is 9.02. The van der Waals surface area contributed by atoms with Gasteiger partial charge in [-0.05, 0) is 73.0 Å². The summed E-state index contributed by atoms with van der Waals surface area (Å²) in [6.07, 6.45) is 19.2. The number of hydrogen-bond acceptors (Lipinski definition) is 0. The maximum absolute atomic E-state index is 2.59. The lowest BCUT2D eigenvalue weighted by Gasteiger charge is -2.49. The van der Waals surface area contributed by atoms with E-state index < -0.39 is 0 Å². The van der Waals surface area contributed by atoms with Gasteiger partial charge in [-0.3, -0.25) is 0 Å². The molecule has 1 unspecified atom stereocenters. The van der Waals surface area contributed by atoms with Crippen molar-refractivity contribution in [1.29, 1.82) is 0 Å². The molecule has 0 heterocycles. The fraction of sp³-hybridized carbons (Fsp3) is 0.407. The van der Waals surface area contributed by atoms with E-state index in [9.17, 15) is 0 Å². The quantitative estimate of drug-likeness (QED) is 0.515. The van der Waals surface area contributed by atoms with Gasteiger partial charge in [-0.1, -0.05) is 79.5 Å². The van der Waals surface area contributed by atoms with Crippen LogP contribution in [0.15, 0.2) is 76.4 Å². The second-order valence-electron chi connectivity index (χ2n) is 9.02. The van der Waals surface area contributed by atoms with E-state index in [1.807, 2.05) is 0 Å². The van der Waals surface area contributed by atoms with Crippen LogP contribution in [0.1, 0.15) is 69.9 Å². The molecular formula is C27H30. The van der Waals surface area contributed by atoms with Gasteiger partial charge in [-0.2, -0.15) is 0 Å². The zero-order valence-electron chi connectivity index (χ0n) is 16.9. The van der Waals surface area contributed by atoms with Gasteiger partial charge in [-0.25, -0.2) is 0 Å². The third-order valence-corrected chi connectivity index (χ3v) is 7.65. The van der Waals surface area contributed by atoms with Crippen molar-refractivity contribution in [3.8, 4) is 0 Å². The number of allylic oxidation sites excluding steroid dienone is 9. The molecule has 0 nitrogen and oxygen atoms in total. The molecule has 5 rings (SSSR count). The molecule has 138 valence electrons. The summed E-state index contributed by atoms with van der Waals surface area (Å²) in [5.74, 6) is 1.21. The van der Waals surface area contributed by atoms with E-state index in [1.165, 1.54) is 65.5 Å². The highest BCUT2D eigenvalue weighted by Gasteiger charge is 2.51. The fourth-order valence-electron chi connectivity index (χ4n) is 6.32. The van der Waals surface area contributed by atoms with Crippen molar-refractivity contribution >= 4 is 6.08 Å². The summed E-state index contributed by atoms with van der Waals surface area (Å²) in [7, 11) is 0. The minimum absolute atomic E-state index is 0.108. The Balaban J connectivity index is 1.73. The number of rotatable bonds is 2. The van der Waals surface area contributed by atoms with Crippen LogP contribution in [0.3, 0.4) is 0 Å². The molecule has 0 aliphatic heterocycles. The Bertz CT molecular complexity index is 940. The third kappa shape index (κ3) is 2.35. The first kappa shape index (κ1) is 17.0. The van der Waals surface area contributed by atoms with Crippen LogP contribution in [-0.4, -0.2) is 0 Å². The highest BCUT2D eigenvalue weighted by Crippen LogP contribution is 2.62. The molecule has 4 aliphatic carbocycles. The largest absolute Gasteiger partial charge is 0.0727 e. The van der Waals surface area contributed by atoms with Gasteiger partial charge in [0.15, 0.2) is 0 Å². The van der Waals surface area contributed by atoms with Crippen molar-refractivity contribution in [1.82, 2.24) is 0 Å². The maximum Gasteiger partial charge on any atom is 0.0275 e. The molecule has 0 radical (unpaired) electrons. The van der Waals surface area contributed by atoms with Gasteiger partial charge in [0.25, 0.3) is 0 Å². The molecule has 1 aromatic rings. The molecule has 1 saturated carbocycles. The Morgan fingerprint density at radius 1 is 0.926 bits per heavy atom. The van der Waals surface area contributed by atoms with Gasteiger partial charge in [0, 0.05) is 11.3 Å². The van der Waals surface area contributed by atoms with Gasteiger partial charge in [-0.15, -0.1) is 0 Å². The molecule has 0 amide bonds. The summed E-state index contributed by atoms with van der Waals surface area (Å²) < 4.78 is 0. The summed E-state index contributed by atoms with van der Waals surface area (Å²) in [4.78, 5) is 0. The minimum atomic E-state index is 0.108. The molecule has 2 atom stereocenters. The molecule has 0 bridgehead atoms. The first-order chi connectivity index (χ1) is 13.1. The number of fused-ring (bicyclic) bond motifs is 2. The molecule has 1 fully saturated rings. The molecule has 1 aromatic carbocycles. The summed E-state index contributed by atoms with van der Waals surface area (Å²) in [5, 5.41) is 0. The van der Waals surface area contributed by atoms with E-state index in [0.717, 1.165) is 5.92 Å². The van der Waals surface area contributed by atoms with E-state index in [1.54, 1.807) is 5.57 Å². The highest BCUT2D eigenvalue weighted by atomic mass is 14.5. The average Bonchev–Trinajstić information content (AvgIpc) is 3.19. The molecule has 4 aliphatic rings. The zero-order chi connectivity index (χ0) is 18.6. The molecule has 27 heavy (non-hydrogen) atoms. The maximum atomic E-state index is 2.59. The van der Waals surface area contributed by atoms with Crippen molar-refractivity contribution in [3.05, 3.63) is 87.6 Å². The summed E-state index contributed by atoms with van der Waals surface area (Å²) in [5.41, 5.74) is 10.6. The first-order valence-electron chi connectivity index (χ1n) is 10.7. The molecular weight excluding hydrogens is 324 g/mol. The van der Waals surface area contributed by atoms with E-state index in [0.29, 0.717) is 5.92 Å². The van der Waals surface area contributed by atoms with E-state index in [2.05, 4.69) is 75.4 Å². The summed E-state index contributed by atoms with van der Waals surface area (Å²) in [6.45, 7) is 6.96. The third-order valence-electron chi connectivity index (χ3n) is 7.65. The molecule has 0 aromatic heterocycles. The number of hydrogen-bond donors (Lipinski definition) is 0. The Kier molecular flexibility index (Phi) is 3.93. The first-order valence-corrected chi connectivity index (χ1v) is 10.7. The van der Waals surface area contributed by atoms with Crippen LogP contribution in [0.5, 0.6) is 0 Å². The van der Waals surface area contributed by atoms with Gasteiger partial charge < -0.3 is 0 Å². The average molecular weight is 355 g/mol. The summed E-state index contributed by atoms with van der Waals surface area (Å²) >= 11 is 0. The smallest absolute Gasteiger partial charge is 0.0275 e. The Morgan fingerprint density at radius 2 is 1.70 bits per heavy atom. The lowest BCUT2D eigenvalue weighted by Crippen LogP contribution is -2.39. The predicted octanol–water partition coefficient (Wildman–Crippen LogP) is 7.53. The van der Waals surface area contributed by atoms with Crippen LogP contribution in [0, 0.1) is 11.3 Å². The van der Waals surface area contributed by atoms with E-state index in [-0.39, 0.29) is 5.41 Å². The van der Waals surface area contributed by atoms with Crippen molar-refractivity contribution in [2.45, 2.75) is 58.8 Å². The van der Waals surface area contributed by atoms with Crippen LogP contribution in [0.2, 0.25) is 0 Å².